The van der Waals surface area contributed by atoms with E-state index >= 15 is 0 Å². The van der Waals surface area contributed by atoms with Crippen molar-refractivity contribution in [3.8, 4) is 0 Å². The van der Waals surface area contributed by atoms with Crippen molar-refractivity contribution in [1.82, 2.24) is 0 Å². The molecule has 1 aliphatic carbocycles. The number of Topliss-reactive ketones (excluding diaryl/α,β-unsaturated/α-hetero) is 1. The number of allylic oxidation sites excluding steroid dienone is 4. The van der Waals surface area contributed by atoms with E-state index in [1.165, 1.54) is 12.2 Å². The minimum Gasteiger partial charge on any atom is -0.454 e. The normalized spacial score (nSPS) is 30.5. The first kappa shape index (κ1) is 18.1. The van der Waals surface area contributed by atoms with E-state index in [9.17, 15) is 14.4 Å². The topological polar surface area (TPSA) is 60.4 Å². The molecule has 2 rings (SSSR count). The van der Waals surface area contributed by atoms with Crippen LogP contribution in [0.1, 0.15) is 46.5 Å². The van der Waals surface area contributed by atoms with E-state index in [0.29, 0.717) is 36.8 Å². The summed E-state index contributed by atoms with van der Waals surface area (Å²) in [6, 6.07) is 0. The maximum absolute atomic E-state index is 12.4. The predicted molar refractivity (Wildman–Crippen MR) is 92.3 cm³/mol. The van der Waals surface area contributed by atoms with Gasteiger partial charge in [0, 0.05) is 18.4 Å². The van der Waals surface area contributed by atoms with Gasteiger partial charge < -0.3 is 4.74 Å². The van der Waals surface area contributed by atoms with E-state index in [2.05, 4.69) is 6.58 Å². The zero-order valence-corrected chi connectivity index (χ0v) is 14.6. The second-order valence-corrected chi connectivity index (χ2v) is 6.77. The minimum absolute atomic E-state index is 0.0103. The number of hydrogen-bond donors (Lipinski definition) is 0. The summed E-state index contributed by atoms with van der Waals surface area (Å²) in [7, 11) is 0. The van der Waals surface area contributed by atoms with Crippen LogP contribution in [0.5, 0.6) is 0 Å². The van der Waals surface area contributed by atoms with Crippen molar-refractivity contribution in [2.45, 2.75) is 52.6 Å². The lowest BCUT2D eigenvalue weighted by Gasteiger charge is -2.16. The highest BCUT2D eigenvalue weighted by molar-refractivity contribution is 6.07. The van der Waals surface area contributed by atoms with E-state index < -0.39 is 0 Å². The van der Waals surface area contributed by atoms with Gasteiger partial charge in [-0.05, 0) is 63.3 Å². The van der Waals surface area contributed by atoms with Crippen LogP contribution in [0.25, 0.3) is 0 Å². The average Bonchev–Trinajstić information content (AvgIpc) is 2.81. The first-order valence-corrected chi connectivity index (χ1v) is 8.26. The van der Waals surface area contributed by atoms with Crippen LogP contribution >= 0.6 is 0 Å². The third-order valence-corrected chi connectivity index (χ3v) is 4.51. The van der Waals surface area contributed by atoms with Gasteiger partial charge in [-0.3, -0.25) is 9.59 Å². The zero-order valence-electron chi connectivity index (χ0n) is 14.6. The van der Waals surface area contributed by atoms with Crippen LogP contribution in [-0.2, 0) is 19.1 Å². The summed E-state index contributed by atoms with van der Waals surface area (Å²) in [6.07, 6.45) is 6.46. The van der Waals surface area contributed by atoms with Gasteiger partial charge in [-0.2, -0.15) is 0 Å². The predicted octanol–water partition coefficient (Wildman–Crippen LogP) is 3.64. The first-order valence-electron chi connectivity index (χ1n) is 8.26. The Morgan fingerprint density at radius 2 is 1.88 bits per heavy atom. The summed E-state index contributed by atoms with van der Waals surface area (Å²) in [5.41, 5.74) is 2.85. The highest BCUT2D eigenvalue weighted by Crippen LogP contribution is 2.28. The van der Waals surface area contributed by atoms with Crippen LogP contribution in [0, 0.1) is 5.92 Å². The van der Waals surface area contributed by atoms with Gasteiger partial charge in [0.25, 0.3) is 0 Å². The van der Waals surface area contributed by atoms with Gasteiger partial charge in [0.1, 0.15) is 6.10 Å². The molecule has 2 atom stereocenters. The quantitative estimate of drug-likeness (QED) is 0.545. The Labute approximate surface area is 143 Å². The van der Waals surface area contributed by atoms with E-state index in [1.807, 2.05) is 19.9 Å². The third-order valence-electron chi connectivity index (χ3n) is 4.51. The molecule has 1 aliphatic heterocycles. The fourth-order valence-corrected chi connectivity index (χ4v) is 3.02. The maximum atomic E-state index is 12.4. The number of ketones is 2. The summed E-state index contributed by atoms with van der Waals surface area (Å²) in [6.45, 7) is 9.35. The highest BCUT2D eigenvalue weighted by Gasteiger charge is 2.27. The van der Waals surface area contributed by atoms with Crippen molar-refractivity contribution >= 4 is 17.5 Å². The van der Waals surface area contributed by atoms with Crippen LogP contribution in [0.3, 0.4) is 0 Å². The summed E-state index contributed by atoms with van der Waals surface area (Å²) < 4.78 is 5.36. The van der Waals surface area contributed by atoms with Crippen LogP contribution in [0.15, 0.2) is 47.1 Å². The molecule has 2 aliphatic rings. The summed E-state index contributed by atoms with van der Waals surface area (Å²) in [5.74, 6) is -0.574. The smallest absolute Gasteiger partial charge is 0.334 e. The lowest BCUT2D eigenvalue weighted by Crippen LogP contribution is -2.12. The number of carbonyl (C=O) groups is 3. The summed E-state index contributed by atoms with van der Waals surface area (Å²) in [4.78, 5) is 36.4. The molecule has 0 N–H and O–H groups in total. The molecule has 4 heteroatoms. The first-order chi connectivity index (χ1) is 11.3. The molecule has 128 valence electrons. The van der Waals surface area contributed by atoms with E-state index in [1.54, 1.807) is 6.92 Å². The van der Waals surface area contributed by atoms with Crippen molar-refractivity contribution in [3.63, 3.8) is 0 Å². The fraction of sp³-hybridized carbons (Fsp3) is 0.450. The Morgan fingerprint density at radius 3 is 2.54 bits per heavy atom. The van der Waals surface area contributed by atoms with Crippen molar-refractivity contribution in [3.05, 3.63) is 47.1 Å². The molecule has 24 heavy (non-hydrogen) atoms. The molecule has 0 amide bonds. The zero-order chi connectivity index (χ0) is 17.9. The van der Waals surface area contributed by atoms with Crippen LogP contribution in [0.2, 0.25) is 0 Å². The van der Waals surface area contributed by atoms with Crippen LogP contribution < -0.4 is 0 Å². The van der Waals surface area contributed by atoms with E-state index in [-0.39, 0.29) is 29.6 Å². The van der Waals surface area contributed by atoms with Gasteiger partial charge in [0.05, 0.1) is 0 Å². The van der Waals surface area contributed by atoms with Crippen molar-refractivity contribution < 1.29 is 19.1 Å². The van der Waals surface area contributed by atoms with Crippen molar-refractivity contribution in [1.29, 1.82) is 0 Å². The van der Waals surface area contributed by atoms with E-state index in [0.717, 1.165) is 11.1 Å². The number of rotatable bonds is 1. The molecule has 4 nitrogen and oxygen atoms in total. The van der Waals surface area contributed by atoms with Gasteiger partial charge in [-0.1, -0.05) is 17.7 Å². The molecule has 0 radical (unpaired) electrons. The molecule has 0 aromatic heterocycles. The minimum atomic E-state index is -0.311. The van der Waals surface area contributed by atoms with Crippen molar-refractivity contribution in [2.75, 3.05) is 0 Å². The largest absolute Gasteiger partial charge is 0.454 e. The fourth-order valence-electron chi connectivity index (χ4n) is 3.02. The maximum Gasteiger partial charge on any atom is 0.334 e. The molecule has 2 bridgehead atoms. The number of fused-ring (bicyclic) bond motifs is 1. The van der Waals surface area contributed by atoms with Gasteiger partial charge in [-0.25, -0.2) is 4.79 Å². The van der Waals surface area contributed by atoms with E-state index in [4.69, 9.17) is 4.74 Å². The van der Waals surface area contributed by atoms with Crippen molar-refractivity contribution in [2.24, 2.45) is 5.92 Å². The molecule has 0 unspecified atom stereocenters. The number of carbonyl (C=O) groups excluding carboxylic acids is 3. The van der Waals surface area contributed by atoms with Crippen LogP contribution in [0.4, 0.5) is 0 Å². The molecule has 0 fully saturated rings. The molecule has 0 saturated heterocycles. The van der Waals surface area contributed by atoms with Gasteiger partial charge >= 0.3 is 5.97 Å². The van der Waals surface area contributed by atoms with Crippen LogP contribution in [-0.4, -0.2) is 23.6 Å². The molecular weight excluding hydrogens is 304 g/mol. The second kappa shape index (κ2) is 7.56. The molecule has 0 saturated carbocycles. The third kappa shape index (κ3) is 4.63. The van der Waals surface area contributed by atoms with Gasteiger partial charge in [0.2, 0.25) is 0 Å². The Hall–Kier alpha value is -2.23. The summed E-state index contributed by atoms with van der Waals surface area (Å²) >= 11 is 0. The number of esters is 1. The lowest BCUT2D eigenvalue weighted by atomic mass is 9.87. The standard InChI is InChI=1S/C20H24O4/c1-12(2)15-5-6-16-10-18(24-20(16)23)8-13(3)7-17(21)9-14(4)19(22)11-15/h7,9-10,15,18H,1,5-6,8,11H2,2-4H3/b13-7+,14-9-/t15-,18+/m1/s1. The Kier molecular flexibility index (Phi) is 5.71. The lowest BCUT2D eigenvalue weighted by molar-refractivity contribution is -0.139. The molecule has 0 spiro atoms. The number of ether oxygens (including phenoxy) is 1. The van der Waals surface area contributed by atoms with Gasteiger partial charge in [0.15, 0.2) is 11.6 Å². The molecule has 0 aromatic carbocycles. The molecule has 1 heterocycles. The Morgan fingerprint density at radius 1 is 1.17 bits per heavy atom. The monoisotopic (exact) mass is 328 g/mol. The average molecular weight is 328 g/mol. The number of hydrogen-bond acceptors (Lipinski definition) is 4. The SMILES string of the molecule is C=C(C)[C@@H]1CCC2=C[C@H](C/C(C)=C/C(=O)/C=C(/C)C(=O)C1)OC2=O. The Bertz CT molecular complexity index is 676. The molecule has 0 aromatic rings. The highest BCUT2D eigenvalue weighted by atomic mass is 16.5. The van der Waals surface area contributed by atoms with Gasteiger partial charge in [-0.15, -0.1) is 0 Å². The Balaban J connectivity index is 2.32. The summed E-state index contributed by atoms with van der Waals surface area (Å²) in [5, 5.41) is 0. The molecular formula is C20H24O4. The second-order valence-electron chi connectivity index (χ2n) is 6.77.